The Balaban J connectivity index is 1.29. The number of pyridine rings is 1. The molecule has 1 saturated carbocycles. The van der Waals surface area contributed by atoms with Crippen LogP contribution in [0.3, 0.4) is 0 Å². The lowest BCUT2D eigenvalue weighted by molar-refractivity contribution is -0.120. The lowest BCUT2D eigenvalue weighted by atomic mass is 9.69. The second-order valence-electron chi connectivity index (χ2n) is 11.7. The second kappa shape index (κ2) is 13.9. The van der Waals surface area contributed by atoms with Gasteiger partial charge in [-0.25, -0.2) is 4.98 Å². The molecule has 2 aromatic carbocycles. The SMILES string of the molecule is C=CC1CC(N2CCN(Cc3ccc(N(C=N)C(=NC(C)C(C)c4ccccc4)c4cccnc4N)cc3)CC2)[C@H]1C=O. The van der Waals surface area contributed by atoms with E-state index < -0.39 is 0 Å². The molecule has 1 saturated heterocycles. The average molecular weight is 578 g/mol. The summed E-state index contributed by atoms with van der Waals surface area (Å²) in [5, 5.41) is 8.37. The zero-order valence-corrected chi connectivity index (χ0v) is 25.2. The molecule has 5 rings (SSSR count). The van der Waals surface area contributed by atoms with Gasteiger partial charge in [0.2, 0.25) is 0 Å². The third kappa shape index (κ3) is 6.76. The summed E-state index contributed by atoms with van der Waals surface area (Å²) in [7, 11) is 0. The zero-order valence-electron chi connectivity index (χ0n) is 25.2. The van der Waals surface area contributed by atoms with Crippen molar-refractivity contribution in [2.75, 3.05) is 36.8 Å². The van der Waals surface area contributed by atoms with E-state index in [9.17, 15) is 4.79 Å². The molecule has 1 aromatic heterocycles. The number of anilines is 2. The van der Waals surface area contributed by atoms with E-state index in [0.29, 0.717) is 29.2 Å². The van der Waals surface area contributed by atoms with E-state index in [4.69, 9.17) is 16.1 Å². The van der Waals surface area contributed by atoms with E-state index in [1.807, 2.05) is 48.5 Å². The van der Waals surface area contributed by atoms with Crippen molar-refractivity contribution in [2.45, 2.75) is 44.8 Å². The number of carbonyl (C=O) groups excluding carboxylic acids is 1. The van der Waals surface area contributed by atoms with Crippen LogP contribution in [0.2, 0.25) is 0 Å². The van der Waals surface area contributed by atoms with Crippen molar-refractivity contribution in [2.24, 2.45) is 16.8 Å². The predicted octanol–water partition coefficient (Wildman–Crippen LogP) is 5.22. The van der Waals surface area contributed by atoms with Gasteiger partial charge in [-0.3, -0.25) is 25.1 Å². The van der Waals surface area contributed by atoms with Gasteiger partial charge < -0.3 is 10.5 Å². The van der Waals surface area contributed by atoms with Crippen LogP contribution in [0, 0.1) is 17.2 Å². The Kier molecular flexibility index (Phi) is 9.79. The van der Waals surface area contributed by atoms with Crippen molar-refractivity contribution in [3.8, 4) is 0 Å². The van der Waals surface area contributed by atoms with E-state index in [0.717, 1.165) is 51.1 Å². The minimum Gasteiger partial charge on any atom is -0.383 e. The molecule has 0 bridgehead atoms. The summed E-state index contributed by atoms with van der Waals surface area (Å²) in [6.07, 6.45) is 7.05. The Hall–Kier alpha value is -4.14. The topological polar surface area (TPSA) is 102 Å². The van der Waals surface area contributed by atoms with Gasteiger partial charge in [0.1, 0.15) is 17.9 Å². The number of aromatic nitrogens is 1. The van der Waals surface area contributed by atoms with Gasteiger partial charge in [-0.05, 0) is 54.7 Å². The lowest BCUT2D eigenvalue weighted by Crippen LogP contribution is -2.58. The molecule has 2 heterocycles. The Morgan fingerprint density at radius 1 is 1.09 bits per heavy atom. The van der Waals surface area contributed by atoms with Crippen molar-refractivity contribution in [3.63, 3.8) is 0 Å². The van der Waals surface area contributed by atoms with E-state index in [1.54, 1.807) is 11.1 Å². The first-order valence-corrected chi connectivity index (χ1v) is 15.2. The van der Waals surface area contributed by atoms with Gasteiger partial charge >= 0.3 is 0 Å². The summed E-state index contributed by atoms with van der Waals surface area (Å²) in [6, 6.07) is 22.7. The number of allylic oxidation sites excluding steroid dienone is 1. The van der Waals surface area contributed by atoms with Crippen LogP contribution in [0.4, 0.5) is 11.5 Å². The van der Waals surface area contributed by atoms with Gasteiger partial charge in [-0.1, -0.05) is 55.5 Å². The zero-order chi connectivity index (χ0) is 30.3. The molecule has 0 amide bonds. The monoisotopic (exact) mass is 577 g/mol. The number of aliphatic imine (C=N–C) groups is 1. The summed E-state index contributed by atoms with van der Waals surface area (Å²) in [5.41, 5.74) is 10.3. The average Bonchev–Trinajstić information content (AvgIpc) is 3.03. The van der Waals surface area contributed by atoms with E-state index in [1.165, 1.54) is 17.5 Å². The number of benzene rings is 2. The summed E-state index contributed by atoms with van der Waals surface area (Å²) in [4.78, 5) is 27.7. The van der Waals surface area contributed by atoms with Crippen LogP contribution in [0.5, 0.6) is 0 Å². The first-order chi connectivity index (χ1) is 20.9. The van der Waals surface area contributed by atoms with Crippen molar-refractivity contribution in [1.29, 1.82) is 5.41 Å². The molecular weight excluding hydrogens is 534 g/mol. The second-order valence-corrected chi connectivity index (χ2v) is 11.7. The first-order valence-electron chi connectivity index (χ1n) is 15.2. The van der Waals surface area contributed by atoms with Gasteiger partial charge in [0.05, 0.1) is 17.9 Å². The summed E-state index contributed by atoms with van der Waals surface area (Å²) in [5.74, 6) is 1.57. The molecule has 1 aliphatic heterocycles. The fraction of sp³-hybridized carbons (Fsp3) is 0.371. The number of hydrogen-bond acceptors (Lipinski definition) is 7. The molecular formula is C35H43N7O. The molecule has 43 heavy (non-hydrogen) atoms. The Bertz CT molecular complexity index is 1420. The van der Waals surface area contributed by atoms with E-state index in [2.05, 4.69) is 59.5 Å². The molecule has 5 atom stereocenters. The summed E-state index contributed by atoms with van der Waals surface area (Å²) < 4.78 is 0. The number of hydrogen-bond donors (Lipinski definition) is 2. The molecule has 8 nitrogen and oxygen atoms in total. The highest BCUT2D eigenvalue weighted by Gasteiger charge is 2.43. The number of piperazine rings is 1. The van der Waals surface area contributed by atoms with Gasteiger partial charge in [-0.2, -0.15) is 0 Å². The van der Waals surface area contributed by atoms with Crippen LogP contribution >= 0.6 is 0 Å². The number of aldehydes is 1. The minimum absolute atomic E-state index is 0.0678. The molecule has 0 radical (unpaired) electrons. The highest BCUT2D eigenvalue weighted by atomic mass is 16.1. The standard InChI is InChI=1S/C35H43N7O/c1-4-28-21-33(32(28)23-43)41-19-17-40(18-20-41)22-27-12-14-30(15-13-27)42(24-36)35(31-11-8-16-38-34(31)37)39-26(3)25(2)29-9-6-5-7-10-29/h4-16,23-26,28,32-33,36H,1,17-22H2,2-3H3,(H2,37,38)/t25?,26?,28?,32-,33?/m0/s1. The van der Waals surface area contributed by atoms with E-state index >= 15 is 0 Å². The Labute approximate surface area is 255 Å². The summed E-state index contributed by atoms with van der Waals surface area (Å²) in [6.45, 7) is 12.9. The normalized spacial score (nSPS) is 22.7. The van der Waals surface area contributed by atoms with Crippen molar-refractivity contribution >= 4 is 30.0 Å². The fourth-order valence-electron chi connectivity index (χ4n) is 6.26. The summed E-state index contributed by atoms with van der Waals surface area (Å²) >= 11 is 0. The molecule has 3 aromatic rings. The Morgan fingerprint density at radius 2 is 1.81 bits per heavy atom. The molecule has 8 heteroatoms. The number of nitrogen functional groups attached to an aromatic ring is 1. The fourth-order valence-corrected chi connectivity index (χ4v) is 6.26. The van der Waals surface area contributed by atoms with Crippen LogP contribution in [0.15, 0.2) is 90.6 Å². The van der Waals surface area contributed by atoms with Crippen LogP contribution in [0.1, 0.15) is 42.9 Å². The number of nitrogens with one attached hydrogen (secondary N) is 1. The molecule has 224 valence electrons. The van der Waals surface area contributed by atoms with E-state index in [-0.39, 0.29) is 17.9 Å². The molecule has 2 aliphatic rings. The molecule has 3 N–H and O–H groups in total. The van der Waals surface area contributed by atoms with Gasteiger partial charge in [0.25, 0.3) is 0 Å². The smallest absolute Gasteiger partial charge is 0.144 e. The Morgan fingerprint density at radius 3 is 2.44 bits per heavy atom. The van der Waals surface area contributed by atoms with Gasteiger partial charge in [0.15, 0.2) is 0 Å². The number of nitrogens with zero attached hydrogens (tertiary/aromatic N) is 5. The van der Waals surface area contributed by atoms with Crippen LogP contribution in [0.25, 0.3) is 0 Å². The molecule has 2 fully saturated rings. The minimum atomic E-state index is -0.0678. The molecule has 1 aliphatic carbocycles. The maximum absolute atomic E-state index is 11.6. The third-order valence-corrected chi connectivity index (χ3v) is 9.22. The highest BCUT2D eigenvalue weighted by Crippen LogP contribution is 2.38. The van der Waals surface area contributed by atoms with Crippen LogP contribution < -0.4 is 10.6 Å². The number of nitrogens with two attached hydrogens (primary N) is 1. The molecule has 0 spiro atoms. The van der Waals surface area contributed by atoms with Crippen molar-refractivity contribution in [3.05, 3.63) is 102 Å². The van der Waals surface area contributed by atoms with Gasteiger partial charge in [0, 0.05) is 62.5 Å². The molecule has 4 unspecified atom stereocenters. The highest BCUT2D eigenvalue weighted by molar-refractivity contribution is 6.20. The van der Waals surface area contributed by atoms with Crippen LogP contribution in [-0.2, 0) is 11.3 Å². The van der Waals surface area contributed by atoms with Crippen LogP contribution in [-0.4, -0.2) is 71.5 Å². The maximum Gasteiger partial charge on any atom is 0.144 e. The quantitative estimate of drug-likeness (QED) is 0.140. The lowest BCUT2D eigenvalue weighted by Gasteiger charge is -2.49. The van der Waals surface area contributed by atoms with Crippen molar-refractivity contribution in [1.82, 2.24) is 14.8 Å². The maximum atomic E-state index is 11.6. The first kappa shape index (κ1) is 30.3. The van der Waals surface area contributed by atoms with Gasteiger partial charge in [-0.15, -0.1) is 6.58 Å². The number of amidine groups is 1. The third-order valence-electron chi connectivity index (χ3n) is 9.22. The number of rotatable bonds is 11. The van der Waals surface area contributed by atoms with Crippen molar-refractivity contribution < 1.29 is 4.79 Å². The number of carbonyl (C=O) groups is 1. The largest absolute Gasteiger partial charge is 0.383 e. The predicted molar refractivity (Wildman–Crippen MR) is 176 cm³/mol.